The van der Waals surface area contributed by atoms with Gasteiger partial charge in [-0.05, 0) is 45.2 Å². The maximum atomic E-state index is 12.4. The van der Waals surface area contributed by atoms with Crippen molar-refractivity contribution in [1.29, 1.82) is 5.26 Å². The summed E-state index contributed by atoms with van der Waals surface area (Å²) in [6.45, 7) is 5.80. The number of ether oxygens (including phenoxy) is 2. The number of nitriles is 1. The van der Waals surface area contributed by atoms with Gasteiger partial charge in [-0.3, -0.25) is 9.59 Å². The van der Waals surface area contributed by atoms with Crippen LogP contribution in [0.15, 0.2) is 12.3 Å². The van der Waals surface area contributed by atoms with Gasteiger partial charge in [0, 0.05) is 24.1 Å². The number of carbonyl (C=O) groups excluding carboxylic acids is 3. The van der Waals surface area contributed by atoms with Crippen molar-refractivity contribution < 1.29 is 23.9 Å². The number of hydrogen-bond donors (Lipinski definition) is 2. The van der Waals surface area contributed by atoms with Crippen molar-refractivity contribution in [2.24, 2.45) is 0 Å². The molecule has 0 radical (unpaired) electrons. The molecule has 2 aromatic heterocycles. The minimum atomic E-state index is -0.750. The van der Waals surface area contributed by atoms with Gasteiger partial charge in [0.15, 0.2) is 12.4 Å². The lowest BCUT2D eigenvalue weighted by Crippen LogP contribution is -2.25. The Hall–Kier alpha value is -3.38. The standard InChI is InChI=1S/C21H24N4O5/c1-12-13(2)25(10-16-5-4-6-29-16)20(17(12)8-22)24-19(27)11-30-21(28)18-7-15(9-23-18)14(3)26/h7,9,16,23H,4-6,10-11H2,1-3H3,(H,24,27)/t16-/m0/s1. The first-order valence-corrected chi connectivity index (χ1v) is 9.69. The Morgan fingerprint density at radius 2 is 2.17 bits per heavy atom. The van der Waals surface area contributed by atoms with Crippen LogP contribution in [0.4, 0.5) is 5.82 Å². The predicted molar refractivity (Wildman–Crippen MR) is 107 cm³/mol. The largest absolute Gasteiger partial charge is 0.451 e. The summed E-state index contributed by atoms with van der Waals surface area (Å²) in [6.07, 6.45) is 3.33. The van der Waals surface area contributed by atoms with Gasteiger partial charge in [-0.25, -0.2) is 4.79 Å². The molecule has 9 nitrogen and oxygen atoms in total. The maximum Gasteiger partial charge on any atom is 0.355 e. The highest BCUT2D eigenvalue weighted by molar-refractivity contribution is 5.98. The number of amides is 1. The molecule has 2 aromatic rings. The van der Waals surface area contributed by atoms with E-state index in [2.05, 4.69) is 16.4 Å². The second-order valence-electron chi connectivity index (χ2n) is 7.27. The Bertz CT molecular complexity index is 1020. The zero-order valence-corrected chi connectivity index (χ0v) is 17.2. The van der Waals surface area contributed by atoms with Gasteiger partial charge in [0.1, 0.15) is 17.6 Å². The normalized spacial score (nSPS) is 15.6. The third-order valence-electron chi connectivity index (χ3n) is 5.25. The molecular formula is C21H24N4O5. The minimum absolute atomic E-state index is 0.0267. The molecule has 1 aliphatic heterocycles. The van der Waals surface area contributed by atoms with Gasteiger partial charge in [-0.2, -0.15) is 5.26 Å². The molecule has 0 unspecified atom stereocenters. The Morgan fingerprint density at radius 1 is 1.40 bits per heavy atom. The smallest absolute Gasteiger partial charge is 0.355 e. The van der Waals surface area contributed by atoms with E-state index in [1.807, 2.05) is 18.4 Å². The van der Waals surface area contributed by atoms with Gasteiger partial charge in [0.2, 0.25) is 0 Å². The summed E-state index contributed by atoms with van der Waals surface area (Å²) in [7, 11) is 0. The van der Waals surface area contributed by atoms with Crippen LogP contribution in [0.3, 0.4) is 0 Å². The molecule has 0 spiro atoms. The van der Waals surface area contributed by atoms with Crippen molar-refractivity contribution in [2.45, 2.75) is 46.3 Å². The summed E-state index contributed by atoms with van der Waals surface area (Å²) in [5, 5.41) is 12.3. The van der Waals surface area contributed by atoms with E-state index >= 15 is 0 Å². The van der Waals surface area contributed by atoms with E-state index in [4.69, 9.17) is 9.47 Å². The van der Waals surface area contributed by atoms with Gasteiger partial charge in [0.05, 0.1) is 18.2 Å². The average molecular weight is 412 g/mol. The van der Waals surface area contributed by atoms with Crippen molar-refractivity contribution in [3.8, 4) is 6.07 Å². The number of ketones is 1. The molecule has 3 heterocycles. The first-order chi connectivity index (χ1) is 14.3. The minimum Gasteiger partial charge on any atom is -0.451 e. The van der Waals surface area contributed by atoms with E-state index in [-0.39, 0.29) is 17.6 Å². The van der Waals surface area contributed by atoms with E-state index in [1.165, 1.54) is 19.2 Å². The van der Waals surface area contributed by atoms with E-state index in [1.54, 1.807) is 0 Å². The van der Waals surface area contributed by atoms with Gasteiger partial charge in [-0.15, -0.1) is 0 Å². The topological polar surface area (TPSA) is 126 Å². The number of Topliss-reactive ketones (excluding diaryl/α,β-unsaturated/α-hetero) is 1. The second-order valence-corrected chi connectivity index (χ2v) is 7.27. The highest BCUT2D eigenvalue weighted by Gasteiger charge is 2.24. The highest BCUT2D eigenvalue weighted by atomic mass is 16.5. The molecule has 1 saturated heterocycles. The molecule has 30 heavy (non-hydrogen) atoms. The lowest BCUT2D eigenvalue weighted by Gasteiger charge is -2.16. The van der Waals surface area contributed by atoms with E-state index in [9.17, 15) is 19.6 Å². The third kappa shape index (κ3) is 4.44. The van der Waals surface area contributed by atoms with Gasteiger partial charge < -0.3 is 24.3 Å². The summed E-state index contributed by atoms with van der Waals surface area (Å²) in [5.74, 6) is -1.13. The first-order valence-electron chi connectivity index (χ1n) is 9.69. The van der Waals surface area contributed by atoms with Gasteiger partial charge in [0.25, 0.3) is 5.91 Å². The molecule has 1 fully saturated rings. The monoisotopic (exact) mass is 412 g/mol. The summed E-state index contributed by atoms with van der Waals surface area (Å²) < 4.78 is 12.6. The number of hydrogen-bond acceptors (Lipinski definition) is 6. The fraction of sp³-hybridized carbons (Fsp3) is 0.429. The van der Waals surface area contributed by atoms with Crippen LogP contribution in [0, 0.1) is 25.2 Å². The van der Waals surface area contributed by atoms with Crippen LogP contribution in [-0.2, 0) is 20.8 Å². The third-order valence-corrected chi connectivity index (χ3v) is 5.25. The molecule has 158 valence electrons. The molecule has 0 bridgehead atoms. The zero-order valence-electron chi connectivity index (χ0n) is 17.2. The Balaban J connectivity index is 1.69. The summed E-state index contributed by atoms with van der Waals surface area (Å²) in [6, 6.07) is 3.51. The number of nitrogens with zero attached hydrogens (tertiary/aromatic N) is 2. The highest BCUT2D eigenvalue weighted by Crippen LogP contribution is 2.28. The number of anilines is 1. The SMILES string of the molecule is CC(=O)c1c[nH]c(C(=O)OCC(=O)Nc2c(C#N)c(C)c(C)n2C[C@@H]2CCCO2)c1. The Labute approximate surface area is 174 Å². The van der Waals surface area contributed by atoms with Crippen LogP contribution in [0.5, 0.6) is 0 Å². The number of aromatic nitrogens is 2. The first kappa shape index (κ1) is 21.3. The van der Waals surface area contributed by atoms with E-state index < -0.39 is 18.5 Å². The van der Waals surface area contributed by atoms with Gasteiger partial charge in [-0.1, -0.05) is 0 Å². The van der Waals surface area contributed by atoms with Crippen LogP contribution in [0.2, 0.25) is 0 Å². The maximum absolute atomic E-state index is 12.4. The molecule has 9 heteroatoms. The van der Waals surface area contributed by atoms with Crippen molar-refractivity contribution in [2.75, 3.05) is 18.5 Å². The number of H-pyrrole nitrogens is 1. The number of carbonyl (C=O) groups is 3. The average Bonchev–Trinajstić information content (AvgIpc) is 3.44. The van der Waals surface area contributed by atoms with Gasteiger partial charge >= 0.3 is 5.97 Å². The van der Waals surface area contributed by atoms with Crippen molar-refractivity contribution in [3.05, 3.63) is 40.3 Å². The molecule has 2 N–H and O–H groups in total. The van der Waals surface area contributed by atoms with Crippen LogP contribution < -0.4 is 5.32 Å². The fourth-order valence-corrected chi connectivity index (χ4v) is 3.44. The molecule has 0 aliphatic carbocycles. The molecule has 1 aliphatic rings. The molecule has 1 atom stereocenters. The van der Waals surface area contributed by atoms with Crippen molar-refractivity contribution >= 4 is 23.5 Å². The quantitative estimate of drug-likeness (QED) is 0.531. The lowest BCUT2D eigenvalue weighted by atomic mass is 10.2. The van der Waals surface area contributed by atoms with Crippen LogP contribution >= 0.6 is 0 Å². The molecular weight excluding hydrogens is 388 g/mol. The van der Waals surface area contributed by atoms with Crippen molar-refractivity contribution in [1.82, 2.24) is 9.55 Å². The zero-order chi connectivity index (χ0) is 21.8. The molecule has 3 rings (SSSR count). The number of rotatable bonds is 7. The number of esters is 1. The Kier molecular flexibility index (Phi) is 6.37. The van der Waals surface area contributed by atoms with Crippen molar-refractivity contribution in [3.63, 3.8) is 0 Å². The summed E-state index contributed by atoms with van der Waals surface area (Å²) >= 11 is 0. The van der Waals surface area contributed by atoms with Crippen LogP contribution in [0.25, 0.3) is 0 Å². The summed E-state index contributed by atoms with van der Waals surface area (Å²) in [4.78, 5) is 38.5. The molecule has 0 saturated carbocycles. The second kappa shape index (κ2) is 8.97. The molecule has 1 amide bonds. The molecule has 0 aromatic carbocycles. The van der Waals surface area contributed by atoms with Crippen LogP contribution in [-0.4, -0.2) is 46.5 Å². The van der Waals surface area contributed by atoms with Crippen LogP contribution in [0.1, 0.15) is 57.4 Å². The lowest BCUT2D eigenvalue weighted by molar-refractivity contribution is -0.119. The van der Waals surface area contributed by atoms with E-state index in [0.29, 0.717) is 30.1 Å². The number of aromatic amines is 1. The summed E-state index contributed by atoms with van der Waals surface area (Å²) in [5.41, 5.74) is 2.46. The fourth-order valence-electron chi connectivity index (χ4n) is 3.44. The number of nitrogens with one attached hydrogen (secondary N) is 2. The Morgan fingerprint density at radius 3 is 2.77 bits per heavy atom. The predicted octanol–water partition coefficient (Wildman–Crippen LogP) is 2.48. The van der Waals surface area contributed by atoms with E-state index in [0.717, 1.165) is 24.1 Å².